The third-order valence-electron chi connectivity index (χ3n) is 9.99. The number of amides is 1. The molecule has 4 heterocycles. The molecule has 2 aromatic heterocycles. The number of morpholine rings is 1. The Kier molecular flexibility index (Phi) is 6.58. The van der Waals surface area contributed by atoms with Crippen LogP contribution in [-0.2, 0) is 16.1 Å². The van der Waals surface area contributed by atoms with Gasteiger partial charge in [-0.25, -0.2) is 9.98 Å². The fourth-order valence-corrected chi connectivity index (χ4v) is 6.97. The molecule has 9 nitrogen and oxygen atoms in total. The topological polar surface area (TPSA) is 120 Å². The van der Waals surface area contributed by atoms with Crippen molar-refractivity contribution in [3.8, 4) is 0 Å². The van der Waals surface area contributed by atoms with E-state index >= 15 is 0 Å². The number of hydrogen-bond donors (Lipinski definition) is 3. The second kappa shape index (κ2) is 10.1. The highest BCUT2D eigenvalue weighted by Crippen LogP contribution is 2.54. The summed E-state index contributed by atoms with van der Waals surface area (Å²) < 4.78 is 6.47. The number of rotatable bonds is 5. The Morgan fingerprint density at radius 2 is 1.93 bits per heavy atom. The van der Waals surface area contributed by atoms with Crippen molar-refractivity contribution in [1.82, 2.24) is 20.2 Å². The van der Waals surface area contributed by atoms with Crippen LogP contribution in [0.3, 0.4) is 0 Å². The van der Waals surface area contributed by atoms with Gasteiger partial charge in [-0.05, 0) is 80.5 Å². The number of carbonyl (C=O) groups is 1. The highest BCUT2D eigenvalue weighted by molar-refractivity contribution is 6.43. The summed E-state index contributed by atoms with van der Waals surface area (Å²) in [6, 6.07) is 5.89. The van der Waals surface area contributed by atoms with Crippen LogP contribution in [0.25, 0.3) is 16.6 Å². The Hall–Kier alpha value is -3.04. The summed E-state index contributed by atoms with van der Waals surface area (Å²) in [5.74, 6) is 0.867. The number of nitrogens with zero attached hydrogens (tertiary/aromatic N) is 4. The van der Waals surface area contributed by atoms with Gasteiger partial charge in [-0.2, -0.15) is 0 Å². The fraction of sp³-hybridized carbons (Fsp3) is 0.581. The van der Waals surface area contributed by atoms with E-state index in [1.54, 1.807) is 6.20 Å². The maximum absolute atomic E-state index is 13.0. The first-order valence-electron chi connectivity index (χ1n) is 15.1. The standard InChI is InChI=1S/C31H38BN5O4/c1-19-12-22(13-24(20(19)2)32(39)40)29(38)34-16-23-14-27-21(15-33-23)6-7-26(35-27)25-4-3-5-28(36-25)37-17-30(8-9-30)41-31(18-37)10-11-31/h3,6-7,14-15,19-20,22,24,39-40H,5,8-13,16-18H2,1-2H3,(H,34,38). The Balaban J connectivity index is 1.05. The zero-order valence-electron chi connectivity index (χ0n) is 23.8. The third-order valence-corrected chi connectivity index (χ3v) is 9.99. The van der Waals surface area contributed by atoms with Crippen molar-refractivity contribution in [2.45, 2.75) is 82.4 Å². The molecule has 4 unspecified atom stereocenters. The van der Waals surface area contributed by atoms with Crippen molar-refractivity contribution in [2.24, 2.45) is 22.7 Å². The molecule has 0 bridgehead atoms. The monoisotopic (exact) mass is 555 g/mol. The number of carbonyl (C=O) groups excluding carboxylic acids is 1. The van der Waals surface area contributed by atoms with E-state index in [0.29, 0.717) is 13.0 Å². The van der Waals surface area contributed by atoms with Gasteiger partial charge in [0.05, 0.1) is 34.7 Å². The molecule has 41 heavy (non-hydrogen) atoms. The lowest BCUT2D eigenvalue weighted by Gasteiger charge is -2.41. The number of aromatic nitrogens is 2. The Morgan fingerprint density at radius 1 is 1.17 bits per heavy atom. The largest absolute Gasteiger partial charge is 0.455 e. The van der Waals surface area contributed by atoms with Crippen LogP contribution in [0.2, 0.25) is 5.82 Å². The van der Waals surface area contributed by atoms with E-state index < -0.39 is 7.12 Å². The normalized spacial score (nSPS) is 29.3. The molecule has 4 atom stereocenters. The molecule has 1 amide bonds. The maximum Gasteiger partial charge on any atom is 0.455 e. The Bertz CT molecular complexity index is 1460. The van der Waals surface area contributed by atoms with E-state index in [-0.39, 0.29) is 40.7 Å². The van der Waals surface area contributed by atoms with Gasteiger partial charge in [-0.1, -0.05) is 19.6 Å². The molecule has 10 heteroatoms. The molecule has 7 rings (SSSR count). The maximum atomic E-state index is 13.0. The molecule has 2 spiro atoms. The highest BCUT2D eigenvalue weighted by Gasteiger charge is 2.60. The summed E-state index contributed by atoms with van der Waals surface area (Å²) >= 11 is 0. The van der Waals surface area contributed by atoms with Crippen molar-refractivity contribution in [2.75, 3.05) is 13.1 Å². The quantitative estimate of drug-likeness (QED) is 0.382. The summed E-state index contributed by atoms with van der Waals surface area (Å²) in [6.45, 7) is 6.23. The molecule has 1 saturated heterocycles. The number of fused-ring (bicyclic) bond motifs is 1. The minimum absolute atomic E-state index is 0.0395. The lowest BCUT2D eigenvalue weighted by molar-refractivity contribution is -0.127. The first-order chi connectivity index (χ1) is 19.7. The number of amidine groups is 1. The van der Waals surface area contributed by atoms with E-state index in [1.165, 1.54) is 0 Å². The molecule has 2 aromatic rings. The van der Waals surface area contributed by atoms with Gasteiger partial charge < -0.3 is 25.0 Å². The van der Waals surface area contributed by atoms with Crippen molar-refractivity contribution in [3.05, 3.63) is 47.6 Å². The molecular weight excluding hydrogens is 517 g/mol. The number of aliphatic imine (C=N–C) groups is 1. The van der Waals surface area contributed by atoms with Crippen LogP contribution < -0.4 is 5.32 Å². The van der Waals surface area contributed by atoms with Crippen LogP contribution in [0.15, 0.2) is 41.2 Å². The van der Waals surface area contributed by atoms with Crippen molar-refractivity contribution >= 4 is 35.5 Å². The average molecular weight is 555 g/mol. The third kappa shape index (κ3) is 5.34. The second-order valence-corrected chi connectivity index (χ2v) is 13.1. The van der Waals surface area contributed by atoms with Crippen LogP contribution in [0.5, 0.6) is 0 Å². The lowest BCUT2D eigenvalue weighted by atomic mass is 9.55. The van der Waals surface area contributed by atoms with Crippen LogP contribution in [0.4, 0.5) is 0 Å². The smallest absolute Gasteiger partial charge is 0.427 e. The number of hydrogen-bond acceptors (Lipinski definition) is 8. The Labute approximate surface area is 240 Å². The van der Waals surface area contributed by atoms with Gasteiger partial charge in [0, 0.05) is 37.0 Å². The molecule has 3 N–H and O–H groups in total. The minimum atomic E-state index is -1.40. The van der Waals surface area contributed by atoms with Crippen LogP contribution >= 0.6 is 0 Å². The highest BCUT2D eigenvalue weighted by atomic mass is 16.5. The number of pyridine rings is 2. The number of ether oxygens (including phenoxy) is 1. The summed E-state index contributed by atoms with van der Waals surface area (Å²) in [4.78, 5) is 29.9. The predicted octanol–water partition coefficient (Wildman–Crippen LogP) is 3.47. The summed E-state index contributed by atoms with van der Waals surface area (Å²) in [5, 5.41) is 23.5. The van der Waals surface area contributed by atoms with E-state index in [4.69, 9.17) is 14.7 Å². The molecular formula is C31H38BN5O4. The second-order valence-electron chi connectivity index (χ2n) is 13.1. The van der Waals surface area contributed by atoms with Crippen molar-refractivity contribution in [3.63, 3.8) is 0 Å². The molecule has 2 aliphatic heterocycles. The summed E-state index contributed by atoms with van der Waals surface area (Å²) in [6.07, 6.45) is 10.4. The zero-order valence-corrected chi connectivity index (χ0v) is 23.8. The molecule has 214 valence electrons. The van der Waals surface area contributed by atoms with Gasteiger partial charge in [0.2, 0.25) is 5.91 Å². The molecule has 0 aromatic carbocycles. The molecule has 3 aliphatic carbocycles. The zero-order chi connectivity index (χ0) is 28.4. The van der Waals surface area contributed by atoms with Gasteiger partial charge in [0.1, 0.15) is 11.5 Å². The van der Waals surface area contributed by atoms with Crippen LogP contribution in [-0.4, -0.2) is 68.1 Å². The summed E-state index contributed by atoms with van der Waals surface area (Å²) in [5.41, 5.74) is 6.43. The van der Waals surface area contributed by atoms with Crippen LogP contribution in [0.1, 0.15) is 70.2 Å². The first kappa shape index (κ1) is 26.8. The van der Waals surface area contributed by atoms with E-state index in [0.717, 1.165) is 85.4 Å². The molecule has 5 aliphatic rings. The van der Waals surface area contributed by atoms with Gasteiger partial charge >= 0.3 is 7.12 Å². The lowest BCUT2D eigenvalue weighted by Crippen LogP contribution is -2.52. The predicted molar refractivity (Wildman–Crippen MR) is 157 cm³/mol. The van der Waals surface area contributed by atoms with Crippen LogP contribution in [0, 0.1) is 17.8 Å². The Morgan fingerprint density at radius 3 is 2.63 bits per heavy atom. The van der Waals surface area contributed by atoms with Crippen molar-refractivity contribution in [1.29, 1.82) is 0 Å². The van der Waals surface area contributed by atoms with Gasteiger partial charge in [-0.3, -0.25) is 9.78 Å². The molecule has 4 fully saturated rings. The van der Waals surface area contributed by atoms with Gasteiger partial charge in [0.15, 0.2) is 0 Å². The average Bonchev–Trinajstić information content (AvgIpc) is 3.90. The number of nitrogens with one attached hydrogen (secondary N) is 1. The molecule has 3 saturated carbocycles. The minimum Gasteiger partial charge on any atom is -0.427 e. The first-order valence-corrected chi connectivity index (χ1v) is 15.1. The molecule has 0 radical (unpaired) electrons. The summed E-state index contributed by atoms with van der Waals surface area (Å²) in [7, 11) is -1.40. The van der Waals surface area contributed by atoms with Gasteiger partial charge in [0.25, 0.3) is 0 Å². The van der Waals surface area contributed by atoms with Crippen molar-refractivity contribution < 1.29 is 19.6 Å². The fourth-order valence-electron chi connectivity index (χ4n) is 6.97. The van der Waals surface area contributed by atoms with E-state index in [9.17, 15) is 14.8 Å². The SMILES string of the molecule is CC1CC(C(=O)NCc2cc3nc(C4=C=CCC(N5CC6(CC6)OC6(CC6)C5)=N4)ccc3cn2)CC(B(O)O)C1C. The van der Waals surface area contributed by atoms with E-state index in [1.807, 2.05) is 25.1 Å². The van der Waals surface area contributed by atoms with Gasteiger partial charge in [-0.15, -0.1) is 0 Å². The van der Waals surface area contributed by atoms with E-state index in [2.05, 4.69) is 33.9 Å².